The van der Waals surface area contributed by atoms with Crippen molar-refractivity contribution >= 4 is 17.8 Å². The minimum Gasteiger partial charge on any atom is -0.468 e. The molecule has 2 heterocycles. The molecule has 1 fully saturated rings. The Bertz CT molecular complexity index is 616. The summed E-state index contributed by atoms with van der Waals surface area (Å²) in [5, 5.41) is 3.41. The van der Waals surface area contributed by atoms with Gasteiger partial charge in [0.2, 0.25) is 0 Å². The molecule has 1 aromatic heterocycles. The van der Waals surface area contributed by atoms with Crippen LogP contribution in [0.2, 0.25) is 0 Å². The number of amides is 2. The summed E-state index contributed by atoms with van der Waals surface area (Å²) in [6.07, 6.45) is 4.62. The first-order valence-corrected chi connectivity index (χ1v) is 9.59. The molecule has 1 atom stereocenters. The minimum absolute atomic E-state index is 0.0590. The zero-order valence-corrected chi connectivity index (χ0v) is 14.6. The molecule has 0 radical (unpaired) electrons. The fourth-order valence-electron chi connectivity index (χ4n) is 2.92. The number of rotatable bonds is 5. The van der Waals surface area contributed by atoms with Gasteiger partial charge >= 0.3 is 6.03 Å². The van der Waals surface area contributed by atoms with Crippen molar-refractivity contribution in [1.82, 2.24) is 10.2 Å². The molecule has 1 N–H and O–H groups in total. The Morgan fingerprint density at radius 1 is 1.21 bits per heavy atom. The maximum atomic E-state index is 12.3. The zero-order chi connectivity index (χ0) is 16.6. The van der Waals surface area contributed by atoms with E-state index >= 15 is 0 Å². The lowest BCUT2D eigenvalue weighted by atomic mass is 10.1. The largest absolute Gasteiger partial charge is 0.468 e. The fourth-order valence-corrected chi connectivity index (χ4v) is 4.10. The van der Waals surface area contributed by atoms with Crippen molar-refractivity contribution in [3.05, 3.63) is 60.1 Å². The summed E-state index contributed by atoms with van der Waals surface area (Å²) in [7, 11) is 0. The molecule has 1 aromatic carbocycles. The molecule has 5 heteroatoms. The third-order valence-corrected chi connectivity index (χ3v) is 5.54. The highest BCUT2D eigenvalue weighted by atomic mass is 32.2. The normalized spacial score (nSPS) is 18.2. The topological polar surface area (TPSA) is 45.5 Å². The molecular formula is C19H24N2O2S. The summed E-state index contributed by atoms with van der Waals surface area (Å²) < 4.78 is 5.51. The van der Waals surface area contributed by atoms with Crippen molar-refractivity contribution in [3.63, 3.8) is 0 Å². The SMILES string of the molecule is O=C(NCCCc1ccccc1)N1CCSC(c2ccco2)CC1. The van der Waals surface area contributed by atoms with Gasteiger partial charge in [-0.05, 0) is 37.0 Å². The van der Waals surface area contributed by atoms with Crippen LogP contribution in [0, 0.1) is 0 Å². The molecule has 1 aliphatic heterocycles. The van der Waals surface area contributed by atoms with Crippen molar-refractivity contribution in [1.29, 1.82) is 0 Å². The van der Waals surface area contributed by atoms with Gasteiger partial charge in [0.25, 0.3) is 0 Å². The average Bonchev–Trinajstić information content (AvgIpc) is 3.04. The Labute approximate surface area is 147 Å². The number of hydrogen-bond acceptors (Lipinski definition) is 3. The molecule has 3 rings (SSSR count). The summed E-state index contributed by atoms with van der Waals surface area (Å²) >= 11 is 1.87. The van der Waals surface area contributed by atoms with Gasteiger partial charge in [-0.3, -0.25) is 0 Å². The molecule has 0 bridgehead atoms. The highest BCUT2D eigenvalue weighted by Crippen LogP contribution is 2.34. The Hall–Kier alpha value is -1.88. The predicted molar refractivity (Wildman–Crippen MR) is 98.3 cm³/mol. The molecule has 2 amide bonds. The Morgan fingerprint density at radius 2 is 2.08 bits per heavy atom. The van der Waals surface area contributed by atoms with Gasteiger partial charge in [-0.15, -0.1) is 11.8 Å². The van der Waals surface area contributed by atoms with Crippen LogP contribution in [0.3, 0.4) is 0 Å². The third-order valence-electron chi connectivity index (χ3n) is 4.25. The van der Waals surface area contributed by atoms with Crippen LogP contribution in [0.25, 0.3) is 0 Å². The van der Waals surface area contributed by atoms with Crippen LogP contribution in [-0.4, -0.2) is 36.3 Å². The smallest absolute Gasteiger partial charge is 0.317 e. The molecule has 24 heavy (non-hydrogen) atoms. The van der Waals surface area contributed by atoms with Gasteiger partial charge in [-0.2, -0.15) is 0 Å². The van der Waals surface area contributed by atoms with E-state index < -0.39 is 0 Å². The number of urea groups is 1. The highest BCUT2D eigenvalue weighted by Gasteiger charge is 2.23. The Kier molecular flexibility index (Phi) is 6.24. The average molecular weight is 344 g/mol. The molecule has 0 spiro atoms. The highest BCUT2D eigenvalue weighted by molar-refractivity contribution is 7.99. The zero-order valence-electron chi connectivity index (χ0n) is 13.8. The Morgan fingerprint density at radius 3 is 2.88 bits per heavy atom. The molecule has 0 aliphatic carbocycles. The number of benzene rings is 1. The monoisotopic (exact) mass is 344 g/mol. The number of aryl methyl sites for hydroxylation is 1. The number of nitrogens with zero attached hydrogens (tertiary/aromatic N) is 1. The minimum atomic E-state index is 0.0590. The van der Waals surface area contributed by atoms with Crippen LogP contribution < -0.4 is 5.32 Å². The molecule has 1 unspecified atom stereocenters. The van der Waals surface area contributed by atoms with E-state index in [-0.39, 0.29) is 6.03 Å². The second kappa shape index (κ2) is 8.83. The van der Waals surface area contributed by atoms with Gasteiger partial charge in [-0.1, -0.05) is 30.3 Å². The summed E-state index contributed by atoms with van der Waals surface area (Å²) in [5.41, 5.74) is 1.32. The molecule has 1 saturated heterocycles. The molecule has 4 nitrogen and oxygen atoms in total. The fraction of sp³-hybridized carbons (Fsp3) is 0.421. The second-order valence-corrected chi connectivity index (χ2v) is 7.28. The summed E-state index contributed by atoms with van der Waals surface area (Å²) in [6.45, 7) is 2.30. The third kappa shape index (κ3) is 4.81. The van der Waals surface area contributed by atoms with Crippen molar-refractivity contribution in [3.8, 4) is 0 Å². The van der Waals surface area contributed by atoms with Crippen molar-refractivity contribution in [2.75, 3.05) is 25.4 Å². The lowest BCUT2D eigenvalue weighted by Crippen LogP contribution is -2.41. The number of thioether (sulfide) groups is 1. The lowest BCUT2D eigenvalue weighted by molar-refractivity contribution is 0.201. The van der Waals surface area contributed by atoms with E-state index in [0.717, 1.165) is 50.4 Å². The standard InChI is InChI=1S/C19H24N2O2S/c22-19(20-11-4-8-16-6-2-1-3-7-16)21-12-10-18(24-15-13-21)17-9-5-14-23-17/h1-3,5-7,9,14,18H,4,8,10-13,15H2,(H,20,22). The van der Waals surface area contributed by atoms with Gasteiger partial charge < -0.3 is 14.6 Å². The maximum Gasteiger partial charge on any atom is 0.317 e. The molecule has 128 valence electrons. The van der Waals surface area contributed by atoms with E-state index in [2.05, 4.69) is 29.6 Å². The summed E-state index contributed by atoms with van der Waals surface area (Å²) in [5.74, 6) is 1.97. The van der Waals surface area contributed by atoms with E-state index in [1.807, 2.05) is 34.9 Å². The quantitative estimate of drug-likeness (QED) is 0.831. The van der Waals surface area contributed by atoms with Gasteiger partial charge in [-0.25, -0.2) is 4.79 Å². The van der Waals surface area contributed by atoms with Crippen molar-refractivity contribution in [2.24, 2.45) is 0 Å². The van der Waals surface area contributed by atoms with Crippen LogP contribution in [0.1, 0.15) is 29.4 Å². The maximum absolute atomic E-state index is 12.3. The van der Waals surface area contributed by atoms with E-state index in [1.165, 1.54) is 5.56 Å². The number of hydrogen-bond donors (Lipinski definition) is 1. The molecule has 0 saturated carbocycles. The lowest BCUT2D eigenvalue weighted by Gasteiger charge is -2.20. The van der Waals surface area contributed by atoms with Crippen molar-refractivity contribution < 1.29 is 9.21 Å². The number of nitrogens with one attached hydrogen (secondary N) is 1. The first kappa shape index (κ1) is 17.0. The molecule has 2 aromatic rings. The van der Waals surface area contributed by atoms with Gasteiger partial charge in [0.15, 0.2) is 0 Å². The Balaban J connectivity index is 1.39. The number of furan rings is 1. The van der Waals surface area contributed by atoms with E-state index in [0.29, 0.717) is 5.25 Å². The van der Waals surface area contributed by atoms with E-state index in [4.69, 9.17) is 4.42 Å². The van der Waals surface area contributed by atoms with Gasteiger partial charge in [0.1, 0.15) is 5.76 Å². The summed E-state index contributed by atoms with van der Waals surface area (Å²) in [4.78, 5) is 14.3. The second-order valence-electron chi connectivity index (χ2n) is 5.97. The number of carbonyl (C=O) groups excluding carboxylic acids is 1. The van der Waals surface area contributed by atoms with Crippen molar-refractivity contribution in [2.45, 2.75) is 24.5 Å². The summed E-state index contributed by atoms with van der Waals surface area (Å²) in [6, 6.07) is 14.4. The first-order valence-electron chi connectivity index (χ1n) is 8.54. The molecular weight excluding hydrogens is 320 g/mol. The van der Waals surface area contributed by atoms with E-state index in [9.17, 15) is 4.79 Å². The first-order chi connectivity index (χ1) is 11.8. The van der Waals surface area contributed by atoms with Gasteiger partial charge in [0, 0.05) is 25.4 Å². The van der Waals surface area contributed by atoms with Crippen LogP contribution in [0.15, 0.2) is 53.1 Å². The van der Waals surface area contributed by atoms with Crippen LogP contribution in [0.5, 0.6) is 0 Å². The van der Waals surface area contributed by atoms with Crippen LogP contribution in [0.4, 0.5) is 4.79 Å². The van der Waals surface area contributed by atoms with E-state index in [1.54, 1.807) is 6.26 Å². The molecule has 1 aliphatic rings. The van der Waals surface area contributed by atoms with Crippen LogP contribution in [-0.2, 0) is 6.42 Å². The van der Waals surface area contributed by atoms with Crippen LogP contribution >= 0.6 is 11.8 Å². The number of carbonyl (C=O) groups is 1. The predicted octanol–water partition coefficient (Wildman–Crippen LogP) is 4.10. The van der Waals surface area contributed by atoms with Gasteiger partial charge in [0.05, 0.1) is 11.5 Å².